The standard InChI is InChI=1S/C10H11F3N2O2/c11-10(12,13)6-3-8(14)15-9(4-6)17-7-1-2-16-5-7/h3-4,7H,1-2,5H2,(H2,14,15). The average molecular weight is 248 g/mol. The molecule has 0 spiro atoms. The summed E-state index contributed by atoms with van der Waals surface area (Å²) in [6, 6.07) is 1.62. The molecule has 0 amide bonds. The number of ether oxygens (including phenoxy) is 2. The van der Waals surface area contributed by atoms with Crippen molar-refractivity contribution in [2.45, 2.75) is 18.7 Å². The minimum atomic E-state index is -4.46. The molecule has 1 saturated heterocycles. The lowest BCUT2D eigenvalue weighted by Gasteiger charge is -2.13. The number of halogens is 3. The number of nitrogens with two attached hydrogens (primary N) is 1. The van der Waals surface area contributed by atoms with Crippen LogP contribution in [0.25, 0.3) is 0 Å². The molecule has 0 bridgehead atoms. The number of hydrogen-bond donors (Lipinski definition) is 1. The molecule has 1 atom stereocenters. The van der Waals surface area contributed by atoms with Gasteiger partial charge in [-0.05, 0) is 6.07 Å². The summed E-state index contributed by atoms with van der Waals surface area (Å²) < 4.78 is 47.8. The second kappa shape index (κ2) is 4.40. The van der Waals surface area contributed by atoms with E-state index in [-0.39, 0.29) is 17.8 Å². The van der Waals surface area contributed by atoms with E-state index in [2.05, 4.69) is 4.98 Å². The van der Waals surface area contributed by atoms with E-state index in [1.807, 2.05) is 0 Å². The first-order valence-corrected chi connectivity index (χ1v) is 5.04. The van der Waals surface area contributed by atoms with Gasteiger partial charge in [0.05, 0.1) is 18.8 Å². The van der Waals surface area contributed by atoms with E-state index in [9.17, 15) is 13.2 Å². The van der Waals surface area contributed by atoms with Gasteiger partial charge in [0.25, 0.3) is 0 Å². The molecule has 0 radical (unpaired) electrons. The van der Waals surface area contributed by atoms with E-state index in [1.54, 1.807) is 0 Å². The van der Waals surface area contributed by atoms with Crippen LogP contribution in [0.15, 0.2) is 12.1 Å². The largest absolute Gasteiger partial charge is 0.472 e. The minimum absolute atomic E-state index is 0.118. The van der Waals surface area contributed by atoms with Crippen LogP contribution in [0.4, 0.5) is 19.0 Å². The van der Waals surface area contributed by atoms with E-state index < -0.39 is 11.7 Å². The summed E-state index contributed by atoms with van der Waals surface area (Å²) >= 11 is 0. The van der Waals surface area contributed by atoms with Crippen LogP contribution in [0.3, 0.4) is 0 Å². The van der Waals surface area contributed by atoms with Crippen LogP contribution in [0.2, 0.25) is 0 Å². The minimum Gasteiger partial charge on any atom is -0.472 e. The van der Waals surface area contributed by atoms with Gasteiger partial charge in [-0.15, -0.1) is 0 Å². The lowest BCUT2D eigenvalue weighted by Crippen LogP contribution is -2.17. The highest BCUT2D eigenvalue weighted by Crippen LogP contribution is 2.32. The molecule has 7 heteroatoms. The third kappa shape index (κ3) is 3.00. The third-order valence-electron chi connectivity index (χ3n) is 2.32. The highest BCUT2D eigenvalue weighted by Gasteiger charge is 2.32. The van der Waals surface area contributed by atoms with Crippen LogP contribution in [-0.4, -0.2) is 24.3 Å². The number of anilines is 1. The highest BCUT2D eigenvalue weighted by atomic mass is 19.4. The maximum absolute atomic E-state index is 12.5. The summed E-state index contributed by atoms with van der Waals surface area (Å²) in [5, 5.41) is 0. The van der Waals surface area contributed by atoms with Crippen molar-refractivity contribution in [3.63, 3.8) is 0 Å². The number of hydrogen-bond acceptors (Lipinski definition) is 4. The normalized spacial score (nSPS) is 20.5. The molecule has 4 nitrogen and oxygen atoms in total. The Kier molecular flexibility index (Phi) is 3.10. The highest BCUT2D eigenvalue weighted by molar-refractivity contribution is 5.38. The first kappa shape index (κ1) is 12.0. The summed E-state index contributed by atoms with van der Waals surface area (Å²) in [6.45, 7) is 0.900. The van der Waals surface area contributed by atoms with Crippen molar-refractivity contribution < 1.29 is 22.6 Å². The maximum atomic E-state index is 12.5. The summed E-state index contributed by atoms with van der Waals surface area (Å²) in [7, 11) is 0. The molecule has 94 valence electrons. The maximum Gasteiger partial charge on any atom is 0.416 e. The zero-order valence-corrected chi connectivity index (χ0v) is 8.83. The Bertz CT molecular complexity index is 403. The molecule has 17 heavy (non-hydrogen) atoms. The molecular weight excluding hydrogens is 237 g/mol. The van der Waals surface area contributed by atoms with Crippen molar-refractivity contribution >= 4 is 5.82 Å². The van der Waals surface area contributed by atoms with Crippen LogP contribution in [-0.2, 0) is 10.9 Å². The fourth-order valence-corrected chi connectivity index (χ4v) is 1.53. The molecule has 0 aromatic carbocycles. The van der Waals surface area contributed by atoms with Gasteiger partial charge in [-0.1, -0.05) is 0 Å². The van der Waals surface area contributed by atoms with E-state index >= 15 is 0 Å². The molecule has 2 rings (SSSR count). The first-order valence-electron chi connectivity index (χ1n) is 5.04. The number of rotatable bonds is 2. The summed E-state index contributed by atoms with van der Waals surface area (Å²) in [4.78, 5) is 3.71. The fraction of sp³-hybridized carbons (Fsp3) is 0.500. The van der Waals surface area contributed by atoms with Gasteiger partial charge < -0.3 is 15.2 Å². The molecule has 1 unspecified atom stereocenters. The van der Waals surface area contributed by atoms with Crippen LogP contribution < -0.4 is 10.5 Å². The summed E-state index contributed by atoms with van der Waals surface area (Å²) in [5.74, 6) is -0.332. The van der Waals surface area contributed by atoms with Crippen molar-refractivity contribution in [1.29, 1.82) is 0 Å². The molecule has 1 fully saturated rings. The number of nitrogens with zero attached hydrogens (tertiary/aromatic N) is 1. The van der Waals surface area contributed by atoms with Gasteiger partial charge in [-0.25, -0.2) is 0 Å². The van der Waals surface area contributed by atoms with Gasteiger partial charge in [-0.3, -0.25) is 0 Å². The van der Waals surface area contributed by atoms with E-state index in [0.29, 0.717) is 19.6 Å². The second-order valence-electron chi connectivity index (χ2n) is 3.72. The van der Waals surface area contributed by atoms with Gasteiger partial charge in [0.1, 0.15) is 11.9 Å². The Labute approximate surface area is 95.5 Å². The van der Waals surface area contributed by atoms with Crippen LogP contribution >= 0.6 is 0 Å². The SMILES string of the molecule is Nc1cc(C(F)(F)F)cc(OC2CCOC2)n1. The van der Waals surface area contributed by atoms with Crippen molar-refractivity contribution in [1.82, 2.24) is 4.98 Å². The van der Waals surface area contributed by atoms with E-state index in [0.717, 1.165) is 12.1 Å². The molecule has 2 heterocycles. The molecule has 1 aliphatic rings. The molecular formula is C10H11F3N2O2. The van der Waals surface area contributed by atoms with E-state index in [1.165, 1.54) is 0 Å². The van der Waals surface area contributed by atoms with Crippen LogP contribution in [0.1, 0.15) is 12.0 Å². The second-order valence-corrected chi connectivity index (χ2v) is 3.72. The van der Waals surface area contributed by atoms with Gasteiger partial charge in [0, 0.05) is 12.5 Å². The Morgan fingerprint density at radius 1 is 1.41 bits per heavy atom. The van der Waals surface area contributed by atoms with Gasteiger partial charge in [-0.2, -0.15) is 18.2 Å². The zero-order valence-electron chi connectivity index (χ0n) is 8.83. The Balaban J connectivity index is 2.19. The summed E-state index contributed by atoms with van der Waals surface area (Å²) in [6.07, 6.45) is -4.08. The predicted octanol–water partition coefficient (Wildman–Crippen LogP) is 1.85. The smallest absolute Gasteiger partial charge is 0.416 e. The number of pyridine rings is 1. The monoisotopic (exact) mass is 248 g/mol. The van der Waals surface area contributed by atoms with Gasteiger partial charge in [0.15, 0.2) is 0 Å². The Hall–Kier alpha value is -1.50. The Morgan fingerprint density at radius 3 is 2.76 bits per heavy atom. The lowest BCUT2D eigenvalue weighted by atomic mass is 10.2. The van der Waals surface area contributed by atoms with Crippen molar-refractivity contribution in [2.75, 3.05) is 18.9 Å². The first-order chi connectivity index (χ1) is 7.95. The van der Waals surface area contributed by atoms with E-state index in [4.69, 9.17) is 15.2 Å². The molecule has 0 saturated carbocycles. The number of alkyl halides is 3. The van der Waals surface area contributed by atoms with Gasteiger partial charge in [0.2, 0.25) is 5.88 Å². The molecule has 2 N–H and O–H groups in total. The third-order valence-corrected chi connectivity index (χ3v) is 2.32. The molecule has 1 aromatic rings. The fourth-order valence-electron chi connectivity index (χ4n) is 1.53. The summed E-state index contributed by atoms with van der Waals surface area (Å²) in [5.41, 5.74) is 4.45. The van der Waals surface area contributed by atoms with Crippen molar-refractivity contribution in [3.8, 4) is 5.88 Å². The lowest BCUT2D eigenvalue weighted by molar-refractivity contribution is -0.137. The zero-order chi connectivity index (χ0) is 12.5. The quantitative estimate of drug-likeness (QED) is 0.867. The Morgan fingerprint density at radius 2 is 2.18 bits per heavy atom. The van der Waals surface area contributed by atoms with Crippen LogP contribution in [0.5, 0.6) is 5.88 Å². The van der Waals surface area contributed by atoms with Crippen LogP contribution in [0, 0.1) is 0 Å². The number of nitrogen functional groups attached to an aromatic ring is 1. The van der Waals surface area contributed by atoms with Gasteiger partial charge >= 0.3 is 6.18 Å². The van der Waals surface area contributed by atoms with Crippen molar-refractivity contribution in [2.24, 2.45) is 0 Å². The average Bonchev–Trinajstić information content (AvgIpc) is 2.68. The van der Waals surface area contributed by atoms with Crippen molar-refractivity contribution in [3.05, 3.63) is 17.7 Å². The molecule has 0 aliphatic carbocycles. The number of aromatic nitrogens is 1. The molecule has 1 aromatic heterocycles. The molecule has 1 aliphatic heterocycles. The predicted molar refractivity (Wildman–Crippen MR) is 53.5 cm³/mol. The topological polar surface area (TPSA) is 57.4 Å².